The molecular formula is C19H22ClFN4O2. The van der Waals surface area contributed by atoms with E-state index in [2.05, 4.69) is 27.1 Å². The number of carbonyl (C=O) groups excluding carboxylic acids is 1. The molecular weight excluding hydrogens is 371 g/mol. The first-order valence-corrected chi connectivity index (χ1v) is 9.27. The SMILES string of the molecule is Cc1cc(OCC(=O)Nc2ccc(F)cc2Cl)nc(N2CCC[C@H](C)C2)n1. The lowest BCUT2D eigenvalue weighted by molar-refractivity contribution is -0.118. The van der Waals surface area contributed by atoms with E-state index in [9.17, 15) is 9.18 Å². The normalized spacial score (nSPS) is 16.9. The number of piperidine rings is 1. The zero-order chi connectivity index (χ0) is 19.4. The van der Waals surface area contributed by atoms with Gasteiger partial charge in [0.1, 0.15) is 5.82 Å². The number of benzene rings is 1. The average molecular weight is 393 g/mol. The topological polar surface area (TPSA) is 67.3 Å². The summed E-state index contributed by atoms with van der Waals surface area (Å²) in [7, 11) is 0. The van der Waals surface area contributed by atoms with Gasteiger partial charge in [0, 0.05) is 24.8 Å². The molecule has 27 heavy (non-hydrogen) atoms. The van der Waals surface area contributed by atoms with Crippen molar-refractivity contribution in [3.63, 3.8) is 0 Å². The van der Waals surface area contributed by atoms with Crippen molar-refractivity contribution < 1.29 is 13.9 Å². The van der Waals surface area contributed by atoms with Gasteiger partial charge in [-0.15, -0.1) is 0 Å². The number of nitrogens with zero attached hydrogens (tertiary/aromatic N) is 3. The molecule has 1 aromatic heterocycles. The number of nitrogens with one attached hydrogen (secondary N) is 1. The Morgan fingerprint density at radius 1 is 1.41 bits per heavy atom. The molecule has 0 unspecified atom stereocenters. The molecule has 1 aliphatic rings. The number of aromatic nitrogens is 2. The van der Waals surface area contributed by atoms with E-state index in [0.717, 1.165) is 31.3 Å². The molecule has 3 rings (SSSR count). The third-order valence-electron chi connectivity index (χ3n) is 4.32. The van der Waals surface area contributed by atoms with E-state index in [-0.39, 0.29) is 11.6 Å². The van der Waals surface area contributed by atoms with E-state index >= 15 is 0 Å². The Morgan fingerprint density at radius 3 is 2.96 bits per heavy atom. The van der Waals surface area contributed by atoms with Crippen LogP contribution in [0, 0.1) is 18.7 Å². The highest BCUT2D eigenvalue weighted by molar-refractivity contribution is 6.33. The molecule has 0 radical (unpaired) electrons. The Bertz CT molecular complexity index is 833. The first-order valence-electron chi connectivity index (χ1n) is 8.89. The van der Waals surface area contributed by atoms with E-state index in [0.29, 0.717) is 23.4 Å². The maximum absolute atomic E-state index is 13.1. The lowest BCUT2D eigenvalue weighted by Crippen LogP contribution is -2.35. The Kier molecular flexibility index (Phi) is 6.11. The highest BCUT2D eigenvalue weighted by Gasteiger charge is 2.19. The van der Waals surface area contributed by atoms with Crippen molar-refractivity contribution in [2.75, 3.05) is 29.9 Å². The van der Waals surface area contributed by atoms with Crippen LogP contribution in [0.2, 0.25) is 5.02 Å². The zero-order valence-electron chi connectivity index (χ0n) is 15.3. The van der Waals surface area contributed by atoms with Gasteiger partial charge < -0.3 is 15.0 Å². The summed E-state index contributed by atoms with van der Waals surface area (Å²) in [6.45, 7) is 5.66. The van der Waals surface area contributed by atoms with Gasteiger partial charge in [0.05, 0.1) is 10.7 Å². The first-order chi connectivity index (χ1) is 12.9. The van der Waals surface area contributed by atoms with Crippen molar-refractivity contribution in [1.82, 2.24) is 9.97 Å². The summed E-state index contributed by atoms with van der Waals surface area (Å²) in [6.07, 6.45) is 2.31. The van der Waals surface area contributed by atoms with E-state index in [4.69, 9.17) is 16.3 Å². The van der Waals surface area contributed by atoms with E-state index < -0.39 is 11.7 Å². The minimum absolute atomic E-state index is 0.128. The number of rotatable bonds is 5. The third kappa shape index (κ3) is 5.29. The quantitative estimate of drug-likeness (QED) is 0.837. The number of aryl methyl sites for hydroxylation is 1. The molecule has 1 aromatic carbocycles. The summed E-state index contributed by atoms with van der Waals surface area (Å²) in [4.78, 5) is 23.2. The molecule has 1 fully saturated rings. The monoisotopic (exact) mass is 392 g/mol. The lowest BCUT2D eigenvalue weighted by atomic mass is 10.0. The van der Waals surface area contributed by atoms with Crippen molar-refractivity contribution in [3.8, 4) is 5.88 Å². The van der Waals surface area contributed by atoms with Gasteiger partial charge in [-0.3, -0.25) is 4.79 Å². The molecule has 0 aliphatic carbocycles. The summed E-state index contributed by atoms with van der Waals surface area (Å²) in [6, 6.07) is 5.45. The largest absolute Gasteiger partial charge is 0.467 e. The Labute approximate surface area is 162 Å². The minimum Gasteiger partial charge on any atom is -0.467 e. The molecule has 144 valence electrons. The number of anilines is 2. The lowest BCUT2D eigenvalue weighted by Gasteiger charge is -2.31. The third-order valence-corrected chi connectivity index (χ3v) is 4.63. The standard InChI is InChI=1S/C19H22ClFN4O2/c1-12-4-3-7-25(10-12)19-22-13(2)8-18(24-19)27-11-17(26)23-16-6-5-14(21)9-15(16)20/h5-6,8-9,12H,3-4,7,10-11H2,1-2H3,(H,23,26)/t12-/m0/s1. The second-order valence-electron chi connectivity index (χ2n) is 6.80. The Hall–Kier alpha value is -2.41. The number of hydrogen-bond acceptors (Lipinski definition) is 5. The van der Waals surface area contributed by atoms with Gasteiger partial charge in [-0.05, 0) is 43.9 Å². The summed E-state index contributed by atoms with van der Waals surface area (Å²) in [5.74, 6) is 0.686. The fraction of sp³-hybridized carbons (Fsp3) is 0.421. The molecule has 1 N–H and O–H groups in total. The molecule has 1 saturated heterocycles. The molecule has 6 nitrogen and oxygen atoms in total. The summed E-state index contributed by atoms with van der Waals surface area (Å²) >= 11 is 5.91. The molecule has 1 amide bonds. The van der Waals surface area contributed by atoms with Gasteiger partial charge >= 0.3 is 0 Å². The zero-order valence-corrected chi connectivity index (χ0v) is 16.1. The first kappa shape index (κ1) is 19.4. The Morgan fingerprint density at radius 2 is 2.22 bits per heavy atom. The van der Waals surface area contributed by atoms with Crippen molar-refractivity contribution in [2.45, 2.75) is 26.7 Å². The highest BCUT2D eigenvalue weighted by Crippen LogP contribution is 2.23. The maximum Gasteiger partial charge on any atom is 0.262 e. The van der Waals surface area contributed by atoms with Crippen LogP contribution in [0.5, 0.6) is 5.88 Å². The second-order valence-corrected chi connectivity index (χ2v) is 7.21. The summed E-state index contributed by atoms with van der Waals surface area (Å²) in [5.41, 5.74) is 1.10. The molecule has 0 saturated carbocycles. The van der Waals surface area contributed by atoms with Gasteiger partial charge in [0.25, 0.3) is 5.91 Å². The number of hydrogen-bond donors (Lipinski definition) is 1. The predicted molar refractivity (Wildman–Crippen MR) is 103 cm³/mol. The number of carbonyl (C=O) groups is 1. The van der Waals surface area contributed by atoms with E-state index in [1.54, 1.807) is 6.07 Å². The van der Waals surface area contributed by atoms with Crippen LogP contribution in [-0.2, 0) is 4.79 Å². The average Bonchev–Trinajstić information content (AvgIpc) is 2.62. The van der Waals surface area contributed by atoms with Gasteiger partial charge in [0.15, 0.2) is 6.61 Å². The number of halogens is 2. The maximum atomic E-state index is 13.1. The molecule has 1 atom stereocenters. The highest BCUT2D eigenvalue weighted by atomic mass is 35.5. The van der Waals surface area contributed by atoms with Crippen LogP contribution in [0.15, 0.2) is 24.3 Å². The molecule has 1 aliphatic heterocycles. The second kappa shape index (κ2) is 8.52. The van der Waals surface area contributed by atoms with Crippen molar-refractivity contribution in [1.29, 1.82) is 0 Å². The van der Waals surface area contributed by atoms with Crippen LogP contribution in [0.3, 0.4) is 0 Å². The molecule has 2 heterocycles. The van der Waals surface area contributed by atoms with E-state index in [1.165, 1.54) is 18.6 Å². The van der Waals surface area contributed by atoms with Gasteiger partial charge in [-0.2, -0.15) is 4.98 Å². The summed E-state index contributed by atoms with van der Waals surface area (Å²) in [5, 5.41) is 2.72. The molecule has 8 heteroatoms. The van der Waals surface area contributed by atoms with Crippen LogP contribution in [0.1, 0.15) is 25.5 Å². The predicted octanol–water partition coefficient (Wildman–Crippen LogP) is 3.83. The van der Waals surface area contributed by atoms with E-state index in [1.807, 2.05) is 6.92 Å². The summed E-state index contributed by atoms with van der Waals surface area (Å²) < 4.78 is 18.6. The van der Waals surface area contributed by atoms with Crippen molar-refractivity contribution in [2.24, 2.45) is 5.92 Å². The van der Waals surface area contributed by atoms with Crippen LogP contribution in [-0.4, -0.2) is 35.6 Å². The van der Waals surface area contributed by atoms with Crippen LogP contribution >= 0.6 is 11.6 Å². The van der Waals surface area contributed by atoms with Crippen molar-refractivity contribution >= 4 is 29.1 Å². The van der Waals surface area contributed by atoms with Crippen LogP contribution < -0.4 is 15.0 Å². The van der Waals surface area contributed by atoms with Crippen LogP contribution in [0.4, 0.5) is 16.0 Å². The van der Waals surface area contributed by atoms with Crippen molar-refractivity contribution in [3.05, 3.63) is 40.8 Å². The fourth-order valence-corrected chi connectivity index (χ4v) is 3.24. The molecule has 0 spiro atoms. The number of amides is 1. The van der Waals surface area contributed by atoms with Gasteiger partial charge in [0.2, 0.25) is 11.8 Å². The Balaban J connectivity index is 1.62. The fourth-order valence-electron chi connectivity index (χ4n) is 3.03. The van der Waals surface area contributed by atoms with Crippen LogP contribution in [0.25, 0.3) is 0 Å². The number of ether oxygens (including phenoxy) is 1. The smallest absolute Gasteiger partial charge is 0.262 e. The molecule has 0 bridgehead atoms. The minimum atomic E-state index is -0.467. The molecule has 2 aromatic rings. The van der Waals surface area contributed by atoms with Gasteiger partial charge in [-0.25, -0.2) is 9.37 Å². The van der Waals surface area contributed by atoms with Gasteiger partial charge in [-0.1, -0.05) is 18.5 Å².